The van der Waals surface area contributed by atoms with E-state index in [1.807, 2.05) is 13.8 Å². The summed E-state index contributed by atoms with van der Waals surface area (Å²) in [7, 11) is 0. The molecule has 0 radical (unpaired) electrons. The van der Waals surface area contributed by atoms with Gasteiger partial charge in [0.15, 0.2) is 0 Å². The van der Waals surface area contributed by atoms with Gasteiger partial charge in [-0.15, -0.1) is 0 Å². The SMILES string of the molecule is CC.CC(C)CCC1CCC(O)C(C)C1. The molecule has 0 saturated heterocycles. The molecule has 1 heteroatoms. The average Bonchev–Trinajstić information content (AvgIpc) is 2.23. The van der Waals surface area contributed by atoms with Crippen molar-refractivity contribution in [3.63, 3.8) is 0 Å². The van der Waals surface area contributed by atoms with Crippen molar-refractivity contribution in [2.75, 3.05) is 0 Å². The van der Waals surface area contributed by atoms with Gasteiger partial charge in [0.25, 0.3) is 0 Å². The molecule has 0 aromatic carbocycles. The average molecular weight is 214 g/mol. The minimum absolute atomic E-state index is 0.0182. The molecule has 0 aliphatic heterocycles. The van der Waals surface area contributed by atoms with Crippen molar-refractivity contribution in [2.45, 2.75) is 72.8 Å². The molecule has 0 bridgehead atoms. The third-order valence-electron chi connectivity index (χ3n) is 3.38. The van der Waals surface area contributed by atoms with Gasteiger partial charge in [0.2, 0.25) is 0 Å². The van der Waals surface area contributed by atoms with Crippen LogP contribution in [0.25, 0.3) is 0 Å². The summed E-state index contributed by atoms with van der Waals surface area (Å²) in [6.45, 7) is 10.8. The van der Waals surface area contributed by atoms with E-state index in [2.05, 4.69) is 20.8 Å². The van der Waals surface area contributed by atoms with Crippen LogP contribution in [0.2, 0.25) is 0 Å². The fraction of sp³-hybridized carbons (Fsp3) is 1.00. The lowest BCUT2D eigenvalue weighted by atomic mass is 9.78. The molecule has 3 unspecified atom stereocenters. The Labute approximate surface area is 96.3 Å². The monoisotopic (exact) mass is 214 g/mol. The summed E-state index contributed by atoms with van der Waals surface area (Å²) in [5, 5.41) is 9.57. The standard InChI is InChI=1S/C12H24O.C2H6/c1-9(2)4-5-11-6-7-12(13)10(3)8-11;1-2/h9-13H,4-8H2,1-3H3;1-2H3. The second-order valence-corrected chi connectivity index (χ2v) is 5.19. The van der Waals surface area contributed by atoms with E-state index in [4.69, 9.17) is 0 Å². The van der Waals surface area contributed by atoms with E-state index in [0.717, 1.165) is 18.3 Å². The third-order valence-corrected chi connectivity index (χ3v) is 3.38. The Morgan fingerprint density at radius 1 is 1.20 bits per heavy atom. The number of aliphatic hydroxyl groups is 1. The zero-order valence-corrected chi connectivity index (χ0v) is 11.3. The molecule has 3 atom stereocenters. The highest BCUT2D eigenvalue weighted by Crippen LogP contribution is 2.32. The van der Waals surface area contributed by atoms with Crippen LogP contribution in [0.5, 0.6) is 0 Å². The molecule has 1 nitrogen and oxygen atoms in total. The number of hydrogen-bond acceptors (Lipinski definition) is 1. The molecule has 92 valence electrons. The quantitative estimate of drug-likeness (QED) is 0.745. The van der Waals surface area contributed by atoms with E-state index in [9.17, 15) is 5.11 Å². The zero-order valence-electron chi connectivity index (χ0n) is 11.3. The first-order valence-corrected chi connectivity index (χ1v) is 6.77. The van der Waals surface area contributed by atoms with Gasteiger partial charge in [0.05, 0.1) is 6.10 Å². The van der Waals surface area contributed by atoms with Crippen molar-refractivity contribution in [3.8, 4) is 0 Å². The van der Waals surface area contributed by atoms with Gasteiger partial charge in [-0.2, -0.15) is 0 Å². The summed E-state index contributed by atoms with van der Waals surface area (Å²) in [5.74, 6) is 2.26. The van der Waals surface area contributed by atoms with Gasteiger partial charge in [0, 0.05) is 0 Å². The van der Waals surface area contributed by atoms with Crippen molar-refractivity contribution in [1.82, 2.24) is 0 Å². The Balaban J connectivity index is 0.000000921. The van der Waals surface area contributed by atoms with Crippen LogP contribution in [0.4, 0.5) is 0 Å². The minimum atomic E-state index is -0.0182. The first-order chi connectivity index (χ1) is 7.09. The predicted octanol–water partition coefficient (Wildman–Crippen LogP) is 4.25. The van der Waals surface area contributed by atoms with E-state index >= 15 is 0 Å². The molecule has 0 aromatic heterocycles. The van der Waals surface area contributed by atoms with E-state index in [-0.39, 0.29) is 6.10 Å². The Morgan fingerprint density at radius 3 is 2.27 bits per heavy atom. The van der Waals surface area contributed by atoms with Crippen LogP contribution in [0, 0.1) is 17.8 Å². The second-order valence-electron chi connectivity index (χ2n) is 5.19. The summed E-state index contributed by atoms with van der Waals surface area (Å²) in [5.41, 5.74) is 0. The maximum atomic E-state index is 9.57. The first kappa shape index (κ1) is 15.0. The Bertz CT molecular complexity index is 142. The molecule has 1 aliphatic rings. The molecular formula is C14H30O. The maximum absolute atomic E-state index is 9.57. The highest BCUT2D eigenvalue weighted by atomic mass is 16.3. The number of aliphatic hydroxyl groups excluding tert-OH is 1. The van der Waals surface area contributed by atoms with Crippen LogP contribution in [0.3, 0.4) is 0 Å². The zero-order chi connectivity index (χ0) is 11.8. The van der Waals surface area contributed by atoms with Gasteiger partial charge in [-0.3, -0.25) is 0 Å². The Morgan fingerprint density at radius 2 is 1.80 bits per heavy atom. The minimum Gasteiger partial charge on any atom is -0.393 e. The lowest BCUT2D eigenvalue weighted by Crippen LogP contribution is -2.27. The molecule has 0 spiro atoms. The summed E-state index contributed by atoms with van der Waals surface area (Å²) in [4.78, 5) is 0. The fourth-order valence-corrected chi connectivity index (χ4v) is 2.32. The van der Waals surface area contributed by atoms with Crippen LogP contribution in [0.15, 0.2) is 0 Å². The van der Waals surface area contributed by atoms with Gasteiger partial charge < -0.3 is 5.11 Å². The molecule has 1 N–H and O–H groups in total. The lowest BCUT2D eigenvalue weighted by molar-refractivity contribution is 0.0542. The van der Waals surface area contributed by atoms with Gasteiger partial charge in [-0.25, -0.2) is 0 Å². The van der Waals surface area contributed by atoms with Gasteiger partial charge in [-0.1, -0.05) is 47.5 Å². The van der Waals surface area contributed by atoms with Crippen LogP contribution in [-0.4, -0.2) is 11.2 Å². The molecule has 0 aromatic rings. The summed E-state index contributed by atoms with van der Waals surface area (Å²) < 4.78 is 0. The molecule has 1 aliphatic carbocycles. The largest absolute Gasteiger partial charge is 0.393 e. The van der Waals surface area contributed by atoms with Crippen molar-refractivity contribution in [3.05, 3.63) is 0 Å². The molecule has 1 fully saturated rings. The van der Waals surface area contributed by atoms with Crippen LogP contribution in [0.1, 0.15) is 66.7 Å². The van der Waals surface area contributed by atoms with Gasteiger partial charge in [-0.05, 0) is 37.0 Å². The van der Waals surface area contributed by atoms with E-state index in [1.54, 1.807) is 0 Å². The van der Waals surface area contributed by atoms with E-state index in [1.165, 1.54) is 25.7 Å². The summed E-state index contributed by atoms with van der Waals surface area (Å²) in [6.07, 6.45) is 6.23. The molecule has 0 heterocycles. The van der Waals surface area contributed by atoms with Crippen LogP contribution >= 0.6 is 0 Å². The number of rotatable bonds is 3. The highest BCUT2D eigenvalue weighted by Gasteiger charge is 2.25. The predicted molar refractivity (Wildman–Crippen MR) is 67.9 cm³/mol. The van der Waals surface area contributed by atoms with Crippen molar-refractivity contribution in [2.24, 2.45) is 17.8 Å². The van der Waals surface area contributed by atoms with Gasteiger partial charge in [0.1, 0.15) is 0 Å². The smallest absolute Gasteiger partial charge is 0.0566 e. The van der Waals surface area contributed by atoms with Crippen LogP contribution < -0.4 is 0 Å². The summed E-state index contributed by atoms with van der Waals surface area (Å²) in [6, 6.07) is 0. The first-order valence-electron chi connectivity index (χ1n) is 6.77. The van der Waals surface area contributed by atoms with E-state index in [0.29, 0.717) is 5.92 Å². The van der Waals surface area contributed by atoms with E-state index < -0.39 is 0 Å². The van der Waals surface area contributed by atoms with Crippen molar-refractivity contribution >= 4 is 0 Å². The lowest BCUT2D eigenvalue weighted by Gasteiger charge is -2.31. The van der Waals surface area contributed by atoms with Crippen molar-refractivity contribution < 1.29 is 5.11 Å². The van der Waals surface area contributed by atoms with Crippen LogP contribution in [-0.2, 0) is 0 Å². The Kier molecular flexibility index (Phi) is 8.13. The fourth-order valence-electron chi connectivity index (χ4n) is 2.32. The molecule has 0 amide bonds. The Hall–Kier alpha value is -0.0400. The number of hydrogen-bond donors (Lipinski definition) is 1. The molecule has 15 heavy (non-hydrogen) atoms. The van der Waals surface area contributed by atoms with Crippen molar-refractivity contribution in [1.29, 1.82) is 0 Å². The third kappa shape index (κ3) is 6.19. The topological polar surface area (TPSA) is 20.2 Å². The second kappa shape index (κ2) is 8.15. The highest BCUT2D eigenvalue weighted by molar-refractivity contribution is 4.77. The molecule has 1 saturated carbocycles. The molecule has 1 rings (SSSR count). The normalized spacial score (nSPS) is 31.0. The molecular weight excluding hydrogens is 184 g/mol. The summed E-state index contributed by atoms with van der Waals surface area (Å²) >= 11 is 0. The van der Waals surface area contributed by atoms with Gasteiger partial charge >= 0.3 is 0 Å². The maximum Gasteiger partial charge on any atom is 0.0566 e.